The van der Waals surface area contributed by atoms with Gasteiger partial charge in [-0.15, -0.1) is 0 Å². The van der Waals surface area contributed by atoms with E-state index in [1.807, 2.05) is 19.1 Å². The number of halogens is 1. The van der Waals surface area contributed by atoms with Crippen molar-refractivity contribution in [3.05, 3.63) is 82.9 Å². The summed E-state index contributed by atoms with van der Waals surface area (Å²) in [5.41, 5.74) is 1.86. The van der Waals surface area contributed by atoms with Crippen LogP contribution in [-0.4, -0.2) is 20.9 Å². The molecule has 3 rings (SSSR count). The first-order chi connectivity index (χ1) is 14.3. The van der Waals surface area contributed by atoms with Crippen molar-refractivity contribution in [3.63, 3.8) is 0 Å². The van der Waals surface area contributed by atoms with Crippen LogP contribution >= 0.6 is 11.6 Å². The number of aryl methyl sites for hydroxylation is 1. The van der Waals surface area contributed by atoms with Crippen molar-refractivity contribution >= 4 is 38.9 Å². The average molecular weight is 445 g/mol. The monoisotopic (exact) mass is 444 g/mol. The highest BCUT2D eigenvalue weighted by atomic mass is 35.5. The molecule has 3 aromatic carbocycles. The normalized spacial score (nSPS) is 11.0. The molecular weight excluding hydrogens is 424 g/mol. The van der Waals surface area contributed by atoms with Crippen molar-refractivity contribution in [1.29, 1.82) is 0 Å². The number of amides is 1. The van der Waals surface area contributed by atoms with E-state index in [4.69, 9.17) is 16.3 Å². The molecule has 1 amide bonds. The predicted octanol–water partition coefficient (Wildman–Crippen LogP) is 5.10. The zero-order valence-corrected chi connectivity index (χ0v) is 18.0. The molecule has 30 heavy (non-hydrogen) atoms. The minimum atomic E-state index is -3.88. The molecule has 8 heteroatoms. The molecule has 156 valence electrons. The summed E-state index contributed by atoms with van der Waals surface area (Å²) in [7, 11) is -3.88. The summed E-state index contributed by atoms with van der Waals surface area (Å²) in [5.74, 6) is -0.0671. The highest BCUT2D eigenvalue weighted by Gasteiger charge is 2.19. The Bertz CT molecular complexity index is 1180. The molecule has 0 spiro atoms. The second-order valence-electron chi connectivity index (χ2n) is 6.48. The van der Waals surface area contributed by atoms with E-state index in [9.17, 15) is 13.2 Å². The van der Waals surface area contributed by atoms with Crippen LogP contribution in [0.3, 0.4) is 0 Å². The van der Waals surface area contributed by atoms with Crippen LogP contribution in [0.25, 0.3) is 0 Å². The largest absolute Gasteiger partial charge is 0.492 e. The molecule has 0 bridgehead atoms. The molecule has 6 nitrogen and oxygen atoms in total. The summed E-state index contributed by atoms with van der Waals surface area (Å²) in [6.07, 6.45) is 0. The van der Waals surface area contributed by atoms with Crippen LogP contribution < -0.4 is 14.8 Å². The third-order valence-electron chi connectivity index (χ3n) is 4.29. The quantitative estimate of drug-likeness (QED) is 0.531. The molecule has 0 saturated heterocycles. The molecule has 0 aliphatic carbocycles. The third kappa shape index (κ3) is 5.11. The van der Waals surface area contributed by atoms with Crippen molar-refractivity contribution in [3.8, 4) is 5.75 Å². The number of sulfonamides is 1. The van der Waals surface area contributed by atoms with Crippen molar-refractivity contribution < 1.29 is 17.9 Å². The predicted molar refractivity (Wildman–Crippen MR) is 119 cm³/mol. The lowest BCUT2D eigenvalue weighted by atomic mass is 10.2. The van der Waals surface area contributed by atoms with Gasteiger partial charge in [0.25, 0.3) is 15.9 Å². The summed E-state index contributed by atoms with van der Waals surface area (Å²) in [4.78, 5) is 12.6. The second kappa shape index (κ2) is 9.19. The number of ether oxygens (including phenoxy) is 1. The maximum Gasteiger partial charge on any atom is 0.261 e. The topological polar surface area (TPSA) is 84.5 Å². The summed E-state index contributed by atoms with van der Waals surface area (Å²) in [6.45, 7) is 3.97. The SMILES string of the molecule is CCOc1ccc(S(=O)(=O)Nc2ccccc2C)cc1NC(=O)c1cccc(Cl)c1. The van der Waals surface area contributed by atoms with Gasteiger partial charge in [-0.2, -0.15) is 0 Å². The minimum absolute atomic E-state index is 0.00407. The first-order valence-corrected chi connectivity index (χ1v) is 11.1. The Labute approximate surface area is 180 Å². The average Bonchev–Trinajstić information content (AvgIpc) is 2.71. The highest BCUT2D eigenvalue weighted by Crippen LogP contribution is 2.30. The van der Waals surface area contributed by atoms with E-state index < -0.39 is 15.9 Å². The molecule has 0 aliphatic heterocycles. The lowest BCUT2D eigenvalue weighted by Crippen LogP contribution is -2.16. The number of benzene rings is 3. The van der Waals surface area contributed by atoms with Crippen LogP contribution in [0.2, 0.25) is 5.02 Å². The molecule has 0 atom stereocenters. The number of hydrogen-bond acceptors (Lipinski definition) is 4. The van der Waals surface area contributed by atoms with Gasteiger partial charge in [-0.3, -0.25) is 9.52 Å². The molecule has 2 N–H and O–H groups in total. The number of carbonyl (C=O) groups excluding carboxylic acids is 1. The zero-order chi connectivity index (χ0) is 21.7. The number of hydrogen-bond donors (Lipinski definition) is 2. The van der Waals surface area contributed by atoms with Gasteiger partial charge in [-0.1, -0.05) is 35.9 Å². The number of carbonyl (C=O) groups is 1. The Balaban J connectivity index is 1.94. The van der Waals surface area contributed by atoms with E-state index >= 15 is 0 Å². The van der Waals surface area contributed by atoms with Gasteiger partial charge in [0, 0.05) is 10.6 Å². The number of rotatable bonds is 7. The smallest absolute Gasteiger partial charge is 0.261 e. The lowest BCUT2D eigenvalue weighted by molar-refractivity contribution is 0.102. The molecule has 0 fully saturated rings. The van der Waals surface area contributed by atoms with E-state index in [-0.39, 0.29) is 10.6 Å². The minimum Gasteiger partial charge on any atom is -0.492 e. The Morgan fingerprint density at radius 1 is 1.00 bits per heavy atom. The fourth-order valence-electron chi connectivity index (χ4n) is 2.77. The highest BCUT2D eigenvalue weighted by molar-refractivity contribution is 7.92. The summed E-state index contributed by atoms with van der Waals surface area (Å²) < 4.78 is 33.9. The lowest BCUT2D eigenvalue weighted by Gasteiger charge is -2.15. The molecule has 3 aromatic rings. The molecule has 0 heterocycles. The van der Waals surface area contributed by atoms with Crippen LogP contribution in [0.5, 0.6) is 5.75 Å². The van der Waals surface area contributed by atoms with Gasteiger partial charge >= 0.3 is 0 Å². The molecular formula is C22H21ClN2O4S. The molecule has 0 saturated carbocycles. The third-order valence-corrected chi connectivity index (χ3v) is 5.88. The van der Waals surface area contributed by atoms with Gasteiger partial charge in [0.05, 0.1) is 22.9 Å². The van der Waals surface area contributed by atoms with Crippen molar-refractivity contribution in [2.75, 3.05) is 16.6 Å². The van der Waals surface area contributed by atoms with E-state index in [2.05, 4.69) is 10.0 Å². The zero-order valence-electron chi connectivity index (χ0n) is 16.5. The number of para-hydroxylation sites is 1. The van der Waals surface area contributed by atoms with Crippen molar-refractivity contribution in [2.45, 2.75) is 18.7 Å². The van der Waals surface area contributed by atoms with Gasteiger partial charge < -0.3 is 10.1 Å². The first-order valence-electron chi connectivity index (χ1n) is 9.22. The fraction of sp³-hybridized carbons (Fsp3) is 0.136. The Morgan fingerprint density at radius 3 is 2.47 bits per heavy atom. The van der Waals surface area contributed by atoms with Gasteiger partial charge in [0.1, 0.15) is 5.75 Å². The molecule has 0 aliphatic rings. The number of anilines is 2. The standard InChI is InChI=1S/C22H21ClN2O4S/c1-3-29-21-12-11-18(30(27,28)25-19-10-5-4-7-15(19)2)14-20(21)24-22(26)16-8-6-9-17(23)13-16/h4-14,25H,3H2,1-2H3,(H,24,26). The summed E-state index contributed by atoms with van der Waals surface area (Å²) in [5, 5.41) is 3.13. The molecule has 0 unspecified atom stereocenters. The maximum atomic E-state index is 12.9. The van der Waals surface area contributed by atoms with Crippen LogP contribution in [0.15, 0.2) is 71.6 Å². The molecule has 0 radical (unpaired) electrons. The van der Waals surface area contributed by atoms with Gasteiger partial charge in [0.15, 0.2) is 0 Å². The van der Waals surface area contributed by atoms with Crippen LogP contribution in [0.1, 0.15) is 22.8 Å². The Morgan fingerprint density at radius 2 is 1.77 bits per heavy atom. The van der Waals surface area contributed by atoms with Gasteiger partial charge in [-0.05, 0) is 61.9 Å². The summed E-state index contributed by atoms with van der Waals surface area (Å²) in [6, 6.07) is 17.9. The molecule has 0 aromatic heterocycles. The Kier molecular flexibility index (Phi) is 6.64. The van der Waals surface area contributed by atoms with Crippen LogP contribution in [0.4, 0.5) is 11.4 Å². The first kappa shape index (κ1) is 21.7. The van der Waals surface area contributed by atoms with E-state index in [0.717, 1.165) is 5.56 Å². The van der Waals surface area contributed by atoms with Crippen molar-refractivity contribution in [1.82, 2.24) is 0 Å². The van der Waals surface area contributed by atoms with Crippen LogP contribution in [0, 0.1) is 6.92 Å². The van der Waals surface area contributed by atoms with E-state index in [0.29, 0.717) is 28.6 Å². The Hall–Kier alpha value is -3.03. The van der Waals surface area contributed by atoms with Crippen molar-refractivity contribution in [2.24, 2.45) is 0 Å². The van der Waals surface area contributed by atoms with Crippen LogP contribution in [-0.2, 0) is 10.0 Å². The van der Waals surface area contributed by atoms with E-state index in [1.165, 1.54) is 24.3 Å². The fourth-order valence-corrected chi connectivity index (χ4v) is 4.12. The summed E-state index contributed by atoms with van der Waals surface area (Å²) >= 11 is 5.96. The van der Waals surface area contributed by atoms with Gasteiger partial charge in [-0.25, -0.2) is 8.42 Å². The van der Waals surface area contributed by atoms with E-state index in [1.54, 1.807) is 37.3 Å². The van der Waals surface area contributed by atoms with Gasteiger partial charge in [0.2, 0.25) is 0 Å². The second-order valence-corrected chi connectivity index (χ2v) is 8.59. The maximum absolute atomic E-state index is 12.9. The number of nitrogens with one attached hydrogen (secondary N) is 2.